The molecule has 0 radical (unpaired) electrons. The van der Waals surface area contributed by atoms with Crippen molar-refractivity contribution in [3.8, 4) is 0 Å². The highest BCUT2D eigenvalue weighted by atomic mass is 19.3. The molecule has 0 amide bonds. The third-order valence-corrected chi connectivity index (χ3v) is 0.921. The molecule has 0 aromatic heterocycles. The number of ether oxygens (including phenoxy) is 1. The average molecular weight is 144 g/mol. The van der Waals surface area contributed by atoms with Gasteiger partial charge in [0.2, 0.25) is 0 Å². The standard InChI is InChI=1S/C4H7F3O2/c1-3(5,9-2)4(6,7)8/h8H,1-2H3. The van der Waals surface area contributed by atoms with Gasteiger partial charge < -0.3 is 9.84 Å². The van der Waals surface area contributed by atoms with Crippen molar-refractivity contribution in [2.24, 2.45) is 0 Å². The highest BCUT2D eigenvalue weighted by molar-refractivity contribution is 4.68. The van der Waals surface area contributed by atoms with Crippen molar-refractivity contribution in [2.45, 2.75) is 18.9 Å². The topological polar surface area (TPSA) is 29.5 Å². The van der Waals surface area contributed by atoms with E-state index in [9.17, 15) is 13.2 Å². The summed E-state index contributed by atoms with van der Waals surface area (Å²) in [7, 11) is 0.740. The van der Waals surface area contributed by atoms with E-state index in [-0.39, 0.29) is 0 Å². The lowest BCUT2D eigenvalue weighted by atomic mass is 10.3. The number of halogens is 3. The van der Waals surface area contributed by atoms with E-state index >= 15 is 0 Å². The van der Waals surface area contributed by atoms with Crippen molar-refractivity contribution in [3.05, 3.63) is 0 Å². The van der Waals surface area contributed by atoms with Crippen molar-refractivity contribution in [3.63, 3.8) is 0 Å². The maximum Gasteiger partial charge on any atom is 0.411 e. The van der Waals surface area contributed by atoms with Crippen LogP contribution in [0.2, 0.25) is 0 Å². The van der Waals surface area contributed by atoms with Crippen LogP contribution in [0.15, 0.2) is 0 Å². The van der Waals surface area contributed by atoms with Crippen LogP contribution in [0, 0.1) is 0 Å². The first kappa shape index (κ1) is 8.71. The van der Waals surface area contributed by atoms with E-state index in [1.807, 2.05) is 0 Å². The van der Waals surface area contributed by atoms with Crippen LogP contribution < -0.4 is 0 Å². The Bertz CT molecular complexity index is 96.5. The number of hydrogen-bond donors (Lipinski definition) is 1. The number of hydrogen-bond acceptors (Lipinski definition) is 2. The Balaban J connectivity index is 4.14. The first-order chi connectivity index (χ1) is 3.81. The zero-order valence-corrected chi connectivity index (χ0v) is 4.99. The van der Waals surface area contributed by atoms with E-state index in [0.29, 0.717) is 6.92 Å². The second kappa shape index (κ2) is 2.15. The molecule has 1 N–H and O–H groups in total. The van der Waals surface area contributed by atoms with Crippen molar-refractivity contribution < 1.29 is 23.0 Å². The molecule has 1 atom stereocenters. The predicted octanol–water partition coefficient (Wildman–Crippen LogP) is 0.904. The van der Waals surface area contributed by atoms with Crippen LogP contribution in [0.1, 0.15) is 6.92 Å². The second-order valence-corrected chi connectivity index (χ2v) is 1.66. The van der Waals surface area contributed by atoms with Gasteiger partial charge in [0.15, 0.2) is 0 Å². The average Bonchev–Trinajstić information content (AvgIpc) is 1.64. The van der Waals surface area contributed by atoms with Gasteiger partial charge in [-0.15, -0.1) is 0 Å². The van der Waals surface area contributed by atoms with Gasteiger partial charge in [0.1, 0.15) is 0 Å². The van der Waals surface area contributed by atoms with Gasteiger partial charge in [-0.25, -0.2) is 4.39 Å². The van der Waals surface area contributed by atoms with Gasteiger partial charge in [-0.05, 0) is 0 Å². The van der Waals surface area contributed by atoms with Gasteiger partial charge in [-0.1, -0.05) is 0 Å². The van der Waals surface area contributed by atoms with Gasteiger partial charge in [0.25, 0.3) is 5.85 Å². The summed E-state index contributed by atoms with van der Waals surface area (Å²) in [6.07, 6.45) is -4.44. The van der Waals surface area contributed by atoms with Crippen molar-refractivity contribution in [2.75, 3.05) is 7.11 Å². The molecule has 0 aromatic carbocycles. The molecule has 0 fully saturated rings. The minimum atomic E-state index is -4.44. The molecule has 0 saturated carbocycles. The second-order valence-electron chi connectivity index (χ2n) is 1.66. The molecule has 56 valence electrons. The molecule has 0 aliphatic heterocycles. The first-order valence-electron chi connectivity index (χ1n) is 2.15. The molecule has 0 heterocycles. The molecule has 0 aliphatic rings. The third kappa shape index (κ3) is 1.83. The molecular formula is C4H7F3O2. The van der Waals surface area contributed by atoms with Gasteiger partial charge >= 0.3 is 6.11 Å². The fourth-order valence-electron chi connectivity index (χ4n) is 0.123. The molecule has 0 rings (SSSR count). The van der Waals surface area contributed by atoms with E-state index in [1.165, 1.54) is 0 Å². The molecular weight excluding hydrogens is 137 g/mol. The Morgan fingerprint density at radius 1 is 1.33 bits per heavy atom. The SMILES string of the molecule is COC(C)(F)C(O)(F)F. The molecule has 1 unspecified atom stereocenters. The van der Waals surface area contributed by atoms with Gasteiger partial charge in [0, 0.05) is 14.0 Å². The summed E-state index contributed by atoms with van der Waals surface area (Å²) in [5, 5.41) is 7.71. The molecule has 2 nitrogen and oxygen atoms in total. The molecule has 0 aromatic rings. The summed E-state index contributed by atoms with van der Waals surface area (Å²) in [4.78, 5) is 0. The lowest BCUT2D eigenvalue weighted by Gasteiger charge is -2.22. The van der Waals surface area contributed by atoms with Gasteiger partial charge in [-0.2, -0.15) is 8.78 Å². The minimum Gasteiger partial charge on any atom is -0.343 e. The summed E-state index contributed by atoms with van der Waals surface area (Å²) in [6, 6.07) is 0. The Morgan fingerprint density at radius 3 is 1.67 bits per heavy atom. The zero-order chi connectivity index (χ0) is 7.71. The van der Waals surface area contributed by atoms with Crippen LogP contribution in [0.25, 0.3) is 0 Å². The Morgan fingerprint density at radius 2 is 1.67 bits per heavy atom. The Hall–Kier alpha value is -0.290. The maximum atomic E-state index is 12.1. The van der Waals surface area contributed by atoms with E-state index < -0.39 is 12.0 Å². The predicted molar refractivity (Wildman–Crippen MR) is 23.7 cm³/mol. The highest BCUT2D eigenvalue weighted by Crippen LogP contribution is 2.29. The summed E-state index contributed by atoms with van der Waals surface area (Å²) < 4.78 is 38.9. The van der Waals surface area contributed by atoms with Crippen molar-refractivity contribution in [1.82, 2.24) is 0 Å². The van der Waals surface area contributed by atoms with E-state index in [4.69, 9.17) is 5.11 Å². The van der Waals surface area contributed by atoms with Gasteiger partial charge in [-0.3, -0.25) is 0 Å². The van der Waals surface area contributed by atoms with Crippen molar-refractivity contribution >= 4 is 0 Å². The number of methoxy groups -OCH3 is 1. The van der Waals surface area contributed by atoms with Gasteiger partial charge in [0.05, 0.1) is 0 Å². The fourth-order valence-corrected chi connectivity index (χ4v) is 0.123. The number of alkyl halides is 3. The van der Waals surface area contributed by atoms with Crippen LogP contribution >= 0.6 is 0 Å². The summed E-state index contributed by atoms with van der Waals surface area (Å²) in [5.41, 5.74) is 0. The van der Waals surface area contributed by atoms with Crippen molar-refractivity contribution in [1.29, 1.82) is 0 Å². The minimum absolute atomic E-state index is 0.438. The molecule has 0 bridgehead atoms. The fraction of sp³-hybridized carbons (Fsp3) is 1.00. The summed E-state index contributed by atoms with van der Waals surface area (Å²) in [6.45, 7) is 0.438. The first-order valence-corrected chi connectivity index (χ1v) is 2.15. The van der Waals surface area contributed by atoms with Crippen LogP contribution in [-0.2, 0) is 4.74 Å². The smallest absolute Gasteiger partial charge is 0.343 e. The number of rotatable bonds is 2. The Labute approximate surface area is 50.2 Å². The van der Waals surface area contributed by atoms with E-state index in [2.05, 4.69) is 4.74 Å². The van der Waals surface area contributed by atoms with Crippen LogP contribution in [0.4, 0.5) is 13.2 Å². The van der Waals surface area contributed by atoms with Crippen LogP contribution in [0.5, 0.6) is 0 Å². The number of aliphatic hydroxyl groups is 1. The van der Waals surface area contributed by atoms with E-state index in [1.54, 1.807) is 0 Å². The lowest BCUT2D eigenvalue weighted by Crippen LogP contribution is -2.42. The monoisotopic (exact) mass is 144 g/mol. The van der Waals surface area contributed by atoms with Crippen LogP contribution in [-0.4, -0.2) is 24.2 Å². The quantitative estimate of drug-likeness (QED) is 0.624. The summed E-state index contributed by atoms with van der Waals surface area (Å²) >= 11 is 0. The largest absolute Gasteiger partial charge is 0.411 e. The molecule has 0 spiro atoms. The third-order valence-electron chi connectivity index (χ3n) is 0.921. The normalized spacial score (nSPS) is 19.3. The van der Waals surface area contributed by atoms with E-state index in [0.717, 1.165) is 7.11 Å². The molecule has 0 saturated heterocycles. The Kier molecular flexibility index (Phi) is 2.08. The molecule has 0 aliphatic carbocycles. The zero-order valence-electron chi connectivity index (χ0n) is 4.99. The summed E-state index contributed by atoms with van der Waals surface area (Å²) in [5.74, 6) is -3.30. The molecule has 9 heavy (non-hydrogen) atoms. The highest BCUT2D eigenvalue weighted by Gasteiger charge is 2.50. The maximum absolute atomic E-state index is 12.1. The molecule has 5 heteroatoms. The lowest BCUT2D eigenvalue weighted by molar-refractivity contribution is -0.352. The van der Waals surface area contributed by atoms with Crippen LogP contribution in [0.3, 0.4) is 0 Å².